The predicted octanol–water partition coefficient (Wildman–Crippen LogP) is 2.91. The second-order valence-corrected chi connectivity index (χ2v) is 10.7. The smallest absolute Gasteiger partial charge is 0.328 e. The molecular weight excluding hydrogens is 496 g/mol. The van der Waals surface area contributed by atoms with Crippen molar-refractivity contribution >= 4 is 21.5 Å². The van der Waals surface area contributed by atoms with Crippen molar-refractivity contribution in [2.45, 2.75) is 39.7 Å². The monoisotopic (exact) mass is 524 g/mol. The zero-order valence-electron chi connectivity index (χ0n) is 21.0. The van der Waals surface area contributed by atoms with E-state index in [1.807, 2.05) is 6.07 Å². The molecule has 0 bridgehead atoms. The average molecular weight is 525 g/mol. The van der Waals surface area contributed by atoms with Gasteiger partial charge < -0.3 is 4.74 Å². The Morgan fingerprint density at radius 2 is 1.84 bits per heavy atom. The van der Waals surface area contributed by atoms with Gasteiger partial charge in [-0.3, -0.25) is 23.9 Å². The summed E-state index contributed by atoms with van der Waals surface area (Å²) in [5, 5.41) is 9.31. The first-order chi connectivity index (χ1) is 17.5. The molecule has 0 aliphatic carbocycles. The van der Waals surface area contributed by atoms with Crippen LogP contribution in [0.2, 0.25) is 0 Å². The number of aryl methyl sites for hydroxylation is 1. The molecule has 2 N–H and O–H groups in total. The first kappa shape index (κ1) is 27.4. The highest BCUT2D eigenvalue weighted by Gasteiger charge is 2.25. The van der Waals surface area contributed by atoms with E-state index in [0.29, 0.717) is 17.0 Å². The van der Waals surface area contributed by atoms with Crippen LogP contribution in [0.4, 0.5) is 5.69 Å². The number of hydrogen-bond acceptors (Lipinski definition) is 7. The number of aromatic amines is 1. The SMILES string of the molecule is COc1ccc(NS(=O)(=O)CCCn2c(C(=O)c3cc(C)cc(C#N)c3)c(C(C)C)c(=O)[nH]c2=O)cc1. The van der Waals surface area contributed by atoms with Crippen LogP contribution in [0.1, 0.15) is 58.9 Å². The highest BCUT2D eigenvalue weighted by Crippen LogP contribution is 2.21. The van der Waals surface area contributed by atoms with Crippen LogP contribution in [0, 0.1) is 18.3 Å². The summed E-state index contributed by atoms with van der Waals surface area (Å²) in [6, 6.07) is 12.9. The third-order valence-electron chi connectivity index (χ3n) is 5.65. The van der Waals surface area contributed by atoms with E-state index in [4.69, 9.17) is 4.74 Å². The van der Waals surface area contributed by atoms with Crippen molar-refractivity contribution in [2.24, 2.45) is 0 Å². The van der Waals surface area contributed by atoms with Crippen LogP contribution in [0.3, 0.4) is 0 Å². The molecule has 3 rings (SSSR count). The predicted molar refractivity (Wildman–Crippen MR) is 140 cm³/mol. The number of methoxy groups -OCH3 is 1. The zero-order valence-corrected chi connectivity index (χ0v) is 21.8. The minimum absolute atomic E-state index is 0.00742. The molecule has 0 spiro atoms. The number of ether oxygens (including phenoxy) is 1. The molecule has 0 aliphatic heterocycles. The minimum Gasteiger partial charge on any atom is -0.497 e. The molecule has 11 heteroatoms. The van der Waals surface area contributed by atoms with Gasteiger partial charge in [-0.1, -0.05) is 13.8 Å². The fraction of sp³-hybridized carbons (Fsp3) is 0.308. The number of nitrogens with zero attached hydrogens (tertiary/aromatic N) is 2. The first-order valence-electron chi connectivity index (χ1n) is 11.5. The molecule has 0 aliphatic rings. The lowest BCUT2D eigenvalue weighted by Crippen LogP contribution is -2.38. The van der Waals surface area contributed by atoms with Crippen molar-refractivity contribution in [3.63, 3.8) is 0 Å². The quantitative estimate of drug-likeness (QED) is 0.387. The van der Waals surface area contributed by atoms with E-state index in [0.717, 1.165) is 4.57 Å². The largest absolute Gasteiger partial charge is 0.497 e. The van der Waals surface area contributed by atoms with Crippen molar-refractivity contribution in [3.8, 4) is 11.8 Å². The first-order valence-corrected chi connectivity index (χ1v) is 13.2. The number of sulfonamides is 1. The van der Waals surface area contributed by atoms with Crippen molar-refractivity contribution in [1.29, 1.82) is 5.26 Å². The molecule has 2 aromatic carbocycles. The van der Waals surface area contributed by atoms with E-state index in [9.17, 15) is 28.1 Å². The molecule has 0 unspecified atom stereocenters. The molecule has 1 heterocycles. The van der Waals surface area contributed by atoms with Crippen LogP contribution < -0.4 is 20.7 Å². The second kappa shape index (κ2) is 11.3. The average Bonchev–Trinajstić information content (AvgIpc) is 2.84. The van der Waals surface area contributed by atoms with Gasteiger partial charge in [-0.2, -0.15) is 5.26 Å². The Balaban J connectivity index is 1.94. The van der Waals surface area contributed by atoms with Gasteiger partial charge in [0.05, 0.1) is 24.5 Å². The Bertz CT molecular complexity index is 1580. The number of benzene rings is 2. The van der Waals surface area contributed by atoms with E-state index < -0.39 is 33.0 Å². The maximum atomic E-state index is 13.6. The number of nitriles is 1. The van der Waals surface area contributed by atoms with E-state index in [1.54, 1.807) is 57.2 Å². The minimum atomic E-state index is -3.77. The van der Waals surface area contributed by atoms with E-state index in [2.05, 4.69) is 9.71 Å². The summed E-state index contributed by atoms with van der Waals surface area (Å²) in [7, 11) is -2.27. The lowest BCUT2D eigenvalue weighted by Gasteiger charge is -2.18. The maximum Gasteiger partial charge on any atom is 0.328 e. The Morgan fingerprint density at radius 1 is 1.16 bits per heavy atom. The number of aromatic nitrogens is 2. The lowest BCUT2D eigenvalue weighted by molar-refractivity contribution is 0.102. The van der Waals surface area contributed by atoms with Crippen molar-refractivity contribution in [3.05, 3.63) is 91.3 Å². The van der Waals surface area contributed by atoms with Crippen LogP contribution >= 0.6 is 0 Å². The number of rotatable bonds is 10. The number of hydrogen-bond donors (Lipinski definition) is 2. The van der Waals surface area contributed by atoms with Gasteiger partial charge >= 0.3 is 5.69 Å². The fourth-order valence-corrected chi connectivity index (χ4v) is 5.10. The standard InChI is InChI=1S/C26H28N4O6S/c1-16(2)22-23(24(31)19-13-17(3)12-18(14-19)15-27)30(26(33)28-25(22)32)10-5-11-37(34,35)29-20-6-8-21(36-4)9-7-20/h6-9,12-14,16,29H,5,10-11H2,1-4H3,(H,28,32,33). The highest BCUT2D eigenvalue weighted by molar-refractivity contribution is 7.92. The molecule has 0 atom stereocenters. The third-order valence-corrected chi connectivity index (χ3v) is 7.03. The molecule has 10 nitrogen and oxygen atoms in total. The summed E-state index contributed by atoms with van der Waals surface area (Å²) in [5.41, 5.74) is -0.0407. The van der Waals surface area contributed by atoms with E-state index in [-0.39, 0.29) is 41.1 Å². The molecule has 0 saturated heterocycles. The number of nitrogens with one attached hydrogen (secondary N) is 2. The van der Waals surface area contributed by atoms with Gasteiger partial charge in [-0.15, -0.1) is 0 Å². The van der Waals surface area contributed by atoms with Gasteiger partial charge in [-0.25, -0.2) is 13.2 Å². The van der Waals surface area contributed by atoms with Gasteiger partial charge in [-0.05, 0) is 67.3 Å². The van der Waals surface area contributed by atoms with E-state index >= 15 is 0 Å². The molecule has 1 aromatic heterocycles. The maximum absolute atomic E-state index is 13.6. The highest BCUT2D eigenvalue weighted by atomic mass is 32.2. The number of ketones is 1. The Kier molecular flexibility index (Phi) is 8.35. The second-order valence-electron chi connectivity index (χ2n) is 8.86. The molecule has 194 valence electrons. The molecule has 0 radical (unpaired) electrons. The normalized spacial score (nSPS) is 11.2. The van der Waals surface area contributed by atoms with Crippen molar-refractivity contribution in [1.82, 2.24) is 9.55 Å². The lowest BCUT2D eigenvalue weighted by atomic mass is 9.95. The number of anilines is 1. The van der Waals surface area contributed by atoms with Crippen molar-refractivity contribution in [2.75, 3.05) is 17.6 Å². The van der Waals surface area contributed by atoms with Gasteiger partial charge in [0, 0.05) is 23.4 Å². The molecular formula is C26H28N4O6S. The van der Waals surface area contributed by atoms with Crippen LogP contribution in [-0.4, -0.2) is 36.6 Å². The number of H-pyrrole nitrogens is 1. The number of carbonyl (C=O) groups excluding carboxylic acids is 1. The number of carbonyl (C=O) groups is 1. The van der Waals surface area contributed by atoms with Gasteiger partial charge in [0.2, 0.25) is 15.8 Å². The van der Waals surface area contributed by atoms with Crippen LogP contribution in [0.15, 0.2) is 52.1 Å². The fourth-order valence-electron chi connectivity index (χ4n) is 4.00. The van der Waals surface area contributed by atoms with Crippen molar-refractivity contribution < 1.29 is 17.9 Å². The molecule has 37 heavy (non-hydrogen) atoms. The summed E-state index contributed by atoms with van der Waals surface area (Å²) in [6.45, 7) is 5.04. The summed E-state index contributed by atoms with van der Waals surface area (Å²) in [5.74, 6) is -0.756. The molecule has 0 amide bonds. The van der Waals surface area contributed by atoms with Crippen LogP contribution in [-0.2, 0) is 16.6 Å². The topological polar surface area (TPSA) is 151 Å². The summed E-state index contributed by atoms with van der Waals surface area (Å²) >= 11 is 0. The van der Waals surface area contributed by atoms with Gasteiger partial charge in [0.15, 0.2) is 0 Å². The molecule has 0 saturated carbocycles. The molecule has 3 aromatic rings. The van der Waals surface area contributed by atoms with Crippen LogP contribution in [0.5, 0.6) is 5.75 Å². The Morgan fingerprint density at radius 3 is 2.43 bits per heavy atom. The summed E-state index contributed by atoms with van der Waals surface area (Å²) in [4.78, 5) is 41.3. The Hall–Kier alpha value is -4.17. The van der Waals surface area contributed by atoms with Gasteiger partial charge in [0.25, 0.3) is 5.56 Å². The summed E-state index contributed by atoms with van der Waals surface area (Å²) < 4.78 is 33.9. The van der Waals surface area contributed by atoms with Gasteiger partial charge in [0.1, 0.15) is 11.4 Å². The third kappa shape index (κ3) is 6.54. The Labute approximate surface area is 214 Å². The zero-order chi connectivity index (χ0) is 27.3. The van der Waals surface area contributed by atoms with E-state index in [1.165, 1.54) is 13.2 Å². The summed E-state index contributed by atoms with van der Waals surface area (Å²) in [6.07, 6.45) is -0.00742. The molecule has 0 fully saturated rings. The van der Waals surface area contributed by atoms with Crippen LogP contribution in [0.25, 0.3) is 0 Å².